The summed E-state index contributed by atoms with van der Waals surface area (Å²) in [4.78, 5) is 30.6. The van der Waals surface area contributed by atoms with Crippen LogP contribution in [-0.4, -0.2) is 64.9 Å². The van der Waals surface area contributed by atoms with E-state index in [2.05, 4.69) is 6.07 Å². The summed E-state index contributed by atoms with van der Waals surface area (Å²) in [5.41, 5.74) is 6.39. The molecule has 0 radical (unpaired) electrons. The van der Waals surface area contributed by atoms with Crippen molar-refractivity contribution >= 4 is 17.5 Å². The molecule has 2 amide bonds. The summed E-state index contributed by atoms with van der Waals surface area (Å²) in [6, 6.07) is 3.52. The zero-order chi connectivity index (χ0) is 20.4. The van der Waals surface area contributed by atoms with Crippen LogP contribution < -0.4 is 10.6 Å². The molecule has 3 aliphatic heterocycles. The molecule has 2 N–H and O–H groups in total. The number of hydrogen-bond acceptors (Lipinski definition) is 5. The number of rotatable bonds is 4. The molecule has 3 heterocycles. The number of piperazine rings is 1. The molecule has 0 aromatic heterocycles. The highest BCUT2D eigenvalue weighted by Crippen LogP contribution is 2.47. The lowest BCUT2D eigenvalue weighted by Gasteiger charge is -2.35. The Labute approximate surface area is 166 Å². The molecule has 4 fully saturated rings. The number of halogens is 2. The number of benzene rings is 1. The summed E-state index contributed by atoms with van der Waals surface area (Å²) in [7, 11) is 0. The van der Waals surface area contributed by atoms with Gasteiger partial charge in [-0.1, -0.05) is 0 Å². The molecule has 5 rings (SSSR count). The lowest BCUT2D eigenvalue weighted by Crippen LogP contribution is -2.57. The Bertz CT molecular complexity index is 914. The van der Waals surface area contributed by atoms with Crippen molar-refractivity contribution in [1.29, 1.82) is 5.26 Å². The van der Waals surface area contributed by atoms with Crippen LogP contribution in [0.4, 0.5) is 14.5 Å². The van der Waals surface area contributed by atoms with Gasteiger partial charge in [0, 0.05) is 30.9 Å². The Kier molecular flexibility index (Phi) is 4.12. The smallest absolute Gasteiger partial charge is 0.244 e. The minimum atomic E-state index is -0.808. The Morgan fingerprint density at radius 2 is 1.97 bits per heavy atom. The van der Waals surface area contributed by atoms with Gasteiger partial charge in [0.05, 0.1) is 24.2 Å². The topological polar surface area (TPSA) is 93.7 Å². The predicted octanol–water partition coefficient (Wildman–Crippen LogP) is 0.595. The van der Waals surface area contributed by atoms with Crippen molar-refractivity contribution in [3.8, 4) is 6.07 Å². The Morgan fingerprint density at radius 3 is 2.62 bits per heavy atom. The first kappa shape index (κ1) is 18.5. The molecular formula is C20H21F2N5O2. The van der Waals surface area contributed by atoms with Gasteiger partial charge in [-0.2, -0.15) is 5.26 Å². The highest BCUT2D eigenvalue weighted by molar-refractivity contribution is 6.01. The number of nitrogens with two attached hydrogens (primary N) is 1. The van der Waals surface area contributed by atoms with Gasteiger partial charge >= 0.3 is 0 Å². The molecule has 1 aromatic rings. The van der Waals surface area contributed by atoms with Gasteiger partial charge in [-0.3, -0.25) is 14.5 Å². The molecule has 7 nitrogen and oxygen atoms in total. The number of likely N-dealkylation sites (tertiary alicyclic amines) is 2. The van der Waals surface area contributed by atoms with Crippen molar-refractivity contribution in [3.63, 3.8) is 0 Å². The van der Waals surface area contributed by atoms with Crippen LogP contribution in [-0.2, 0) is 9.59 Å². The summed E-state index contributed by atoms with van der Waals surface area (Å²) in [6.45, 7) is 0.715. The maximum absolute atomic E-state index is 13.6. The summed E-state index contributed by atoms with van der Waals surface area (Å²) in [5, 5.41) is 9.29. The molecule has 29 heavy (non-hydrogen) atoms. The second-order valence-corrected chi connectivity index (χ2v) is 8.49. The number of nitrogens with zero attached hydrogens (tertiary/aromatic N) is 4. The fraction of sp³-hybridized carbons (Fsp3) is 0.550. The maximum atomic E-state index is 13.6. The Hall–Kier alpha value is -2.57. The van der Waals surface area contributed by atoms with Gasteiger partial charge in [-0.15, -0.1) is 0 Å². The molecular weight excluding hydrogens is 380 g/mol. The zero-order valence-electron chi connectivity index (χ0n) is 15.7. The largest absolute Gasteiger partial charge is 0.322 e. The lowest BCUT2D eigenvalue weighted by molar-refractivity contribution is -0.135. The molecule has 152 valence electrons. The second-order valence-electron chi connectivity index (χ2n) is 8.49. The minimum absolute atomic E-state index is 0.133. The second kappa shape index (κ2) is 6.47. The summed E-state index contributed by atoms with van der Waals surface area (Å²) in [5.74, 6) is -1.50. The average molecular weight is 401 g/mol. The highest BCUT2D eigenvalue weighted by atomic mass is 19.1. The van der Waals surface area contributed by atoms with Gasteiger partial charge in [0.1, 0.15) is 17.7 Å². The fourth-order valence-electron chi connectivity index (χ4n) is 5.29. The predicted molar refractivity (Wildman–Crippen MR) is 98.3 cm³/mol. The van der Waals surface area contributed by atoms with Crippen LogP contribution in [0.15, 0.2) is 18.2 Å². The molecule has 4 aliphatic rings. The van der Waals surface area contributed by atoms with Gasteiger partial charge < -0.3 is 15.5 Å². The van der Waals surface area contributed by atoms with Crippen LogP contribution in [0.3, 0.4) is 0 Å². The van der Waals surface area contributed by atoms with Crippen molar-refractivity contribution < 1.29 is 18.4 Å². The third-order valence-corrected chi connectivity index (χ3v) is 6.65. The number of fused-ring (bicyclic) bond motifs is 3. The zero-order valence-corrected chi connectivity index (χ0v) is 15.7. The average Bonchev–Trinajstić information content (AvgIpc) is 3.01. The number of nitriles is 1. The third-order valence-electron chi connectivity index (χ3n) is 6.65. The quantitative estimate of drug-likeness (QED) is 0.797. The van der Waals surface area contributed by atoms with Gasteiger partial charge in [-0.25, -0.2) is 8.78 Å². The normalized spacial score (nSPS) is 33.7. The lowest BCUT2D eigenvalue weighted by atomic mass is 10.1. The molecule has 1 saturated carbocycles. The highest BCUT2D eigenvalue weighted by Gasteiger charge is 2.55. The number of carbonyl (C=O) groups is 2. The van der Waals surface area contributed by atoms with Crippen molar-refractivity contribution in [1.82, 2.24) is 9.80 Å². The Morgan fingerprint density at radius 1 is 1.24 bits per heavy atom. The van der Waals surface area contributed by atoms with Gasteiger partial charge in [0.15, 0.2) is 0 Å². The van der Waals surface area contributed by atoms with E-state index in [0.717, 1.165) is 24.6 Å². The molecule has 3 saturated heterocycles. The maximum Gasteiger partial charge on any atom is 0.244 e. The molecule has 6 atom stereocenters. The number of carbonyl (C=O) groups excluding carboxylic acids is 2. The minimum Gasteiger partial charge on any atom is -0.322 e. The van der Waals surface area contributed by atoms with E-state index in [1.807, 2.05) is 4.90 Å². The van der Waals surface area contributed by atoms with E-state index in [9.17, 15) is 23.6 Å². The van der Waals surface area contributed by atoms with E-state index in [4.69, 9.17) is 5.73 Å². The third kappa shape index (κ3) is 2.90. The first-order valence-corrected chi connectivity index (χ1v) is 9.88. The van der Waals surface area contributed by atoms with E-state index in [-0.39, 0.29) is 36.1 Å². The number of anilines is 1. The molecule has 9 heteroatoms. The van der Waals surface area contributed by atoms with E-state index in [0.29, 0.717) is 25.3 Å². The summed E-state index contributed by atoms with van der Waals surface area (Å²) in [6.07, 6.45) is 2.18. The monoisotopic (exact) mass is 401 g/mol. The summed E-state index contributed by atoms with van der Waals surface area (Å²) < 4.78 is 27.1. The van der Waals surface area contributed by atoms with E-state index in [1.165, 1.54) is 4.90 Å². The summed E-state index contributed by atoms with van der Waals surface area (Å²) >= 11 is 0. The van der Waals surface area contributed by atoms with Gasteiger partial charge in [0.25, 0.3) is 0 Å². The standard InChI is InChI=1S/C20H21F2N5O2/c21-11-3-12(22)5-13(4-11)26-15-6-18(20(26)29)25(8-15)9-16(24)19(28)27-14(7-23)1-10-2-17(10)27/h3-5,10,14-18H,1-2,6,8-9,24H2/t10-,14?,15?,16?,17+,18+/m1/s1. The van der Waals surface area contributed by atoms with Gasteiger partial charge in [0.2, 0.25) is 11.8 Å². The molecule has 2 bridgehead atoms. The number of hydrogen-bond donors (Lipinski definition) is 1. The molecule has 3 unspecified atom stereocenters. The van der Waals surface area contributed by atoms with Crippen molar-refractivity contribution in [2.75, 3.05) is 18.0 Å². The van der Waals surface area contributed by atoms with Crippen LogP contribution in [0.25, 0.3) is 0 Å². The number of piperidine rings is 1. The van der Waals surface area contributed by atoms with E-state index < -0.39 is 29.8 Å². The molecule has 1 aromatic carbocycles. The van der Waals surface area contributed by atoms with E-state index >= 15 is 0 Å². The van der Waals surface area contributed by atoms with Crippen LogP contribution in [0.2, 0.25) is 0 Å². The first-order chi connectivity index (χ1) is 13.9. The van der Waals surface area contributed by atoms with Crippen LogP contribution in [0, 0.1) is 28.9 Å². The molecule has 1 aliphatic carbocycles. The number of amides is 2. The van der Waals surface area contributed by atoms with Crippen molar-refractivity contribution in [3.05, 3.63) is 29.8 Å². The van der Waals surface area contributed by atoms with Crippen LogP contribution in [0.1, 0.15) is 19.3 Å². The van der Waals surface area contributed by atoms with Crippen LogP contribution in [0.5, 0.6) is 0 Å². The van der Waals surface area contributed by atoms with Gasteiger partial charge in [-0.05, 0) is 37.3 Å². The SMILES string of the molecule is N#CC1C[C@@H]2C[C@@H]2N1C(=O)C(N)CN1CC2C[C@H]1C(=O)N2c1cc(F)cc(F)c1. The van der Waals surface area contributed by atoms with Crippen molar-refractivity contribution in [2.45, 2.75) is 49.5 Å². The van der Waals surface area contributed by atoms with Crippen LogP contribution >= 0.6 is 0 Å². The first-order valence-electron chi connectivity index (χ1n) is 9.88. The van der Waals surface area contributed by atoms with Crippen molar-refractivity contribution in [2.24, 2.45) is 11.7 Å². The van der Waals surface area contributed by atoms with E-state index in [1.54, 1.807) is 4.90 Å². The fourth-order valence-corrected chi connectivity index (χ4v) is 5.29. The Balaban J connectivity index is 1.26. The molecule has 0 spiro atoms.